The number of methoxy groups -OCH3 is 3. The summed E-state index contributed by atoms with van der Waals surface area (Å²) in [5, 5.41) is 10.2. The molecular weight excluding hydrogens is 374 g/mol. The molecule has 2 bridgehead atoms. The van der Waals surface area contributed by atoms with Crippen LogP contribution >= 0.6 is 0 Å². The number of aromatic nitrogens is 2. The maximum atomic E-state index is 12.6. The van der Waals surface area contributed by atoms with E-state index in [2.05, 4.69) is 25.3 Å². The van der Waals surface area contributed by atoms with Gasteiger partial charge in [-0.15, -0.1) is 0 Å². The first-order chi connectivity index (χ1) is 14.1. The maximum Gasteiger partial charge on any atom is 0.269 e. The minimum Gasteiger partial charge on any atom is -0.493 e. The van der Waals surface area contributed by atoms with Gasteiger partial charge in [-0.1, -0.05) is 0 Å². The first-order valence-corrected chi connectivity index (χ1v) is 9.73. The van der Waals surface area contributed by atoms with Gasteiger partial charge in [-0.3, -0.25) is 19.7 Å². The SMILES string of the molecule is COc1cc(-c2cc(C(=O)NCC3CN4CCN3CC4)[nH]n2)cc(OC)c1OC. The van der Waals surface area contributed by atoms with Gasteiger partial charge in [0.25, 0.3) is 5.91 Å². The average Bonchev–Trinajstić information content (AvgIpc) is 3.27. The van der Waals surface area contributed by atoms with Crippen LogP contribution in [-0.2, 0) is 0 Å². The lowest BCUT2D eigenvalue weighted by molar-refractivity contribution is 0.0138. The monoisotopic (exact) mass is 401 g/mol. The Morgan fingerprint density at radius 3 is 2.34 bits per heavy atom. The summed E-state index contributed by atoms with van der Waals surface area (Å²) >= 11 is 0. The quantitative estimate of drug-likeness (QED) is 0.710. The molecule has 1 aromatic heterocycles. The molecule has 9 nitrogen and oxygen atoms in total. The summed E-state index contributed by atoms with van der Waals surface area (Å²) in [5.41, 5.74) is 1.81. The predicted molar refractivity (Wildman–Crippen MR) is 108 cm³/mol. The first kappa shape index (κ1) is 19.5. The molecule has 2 N–H and O–H groups in total. The zero-order valence-electron chi connectivity index (χ0n) is 17.0. The highest BCUT2D eigenvalue weighted by Gasteiger charge is 2.31. The molecule has 1 amide bonds. The fraction of sp³-hybridized carbons (Fsp3) is 0.500. The van der Waals surface area contributed by atoms with Gasteiger partial charge in [-0.2, -0.15) is 5.10 Å². The Hall–Kier alpha value is -2.78. The Morgan fingerprint density at radius 1 is 1.10 bits per heavy atom. The van der Waals surface area contributed by atoms with E-state index < -0.39 is 0 Å². The van der Waals surface area contributed by atoms with Gasteiger partial charge in [0.2, 0.25) is 5.75 Å². The van der Waals surface area contributed by atoms with Crippen LogP contribution in [0.2, 0.25) is 0 Å². The number of ether oxygens (including phenoxy) is 3. The smallest absolute Gasteiger partial charge is 0.269 e. The van der Waals surface area contributed by atoms with E-state index in [-0.39, 0.29) is 5.91 Å². The number of fused-ring (bicyclic) bond motifs is 3. The number of H-pyrrole nitrogens is 1. The third kappa shape index (κ3) is 3.88. The standard InChI is InChI=1S/C20H27N5O4/c1-27-17-8-13(9-18(28-2)19(17)29-3)15-10-16(23-22-15)20(26)21-11-14-12-24-4-6-25(14)7-5-24/h8-10,14H,4-7,11-12H2,1-3H3,(H,21,26)(H,22,23). The van der Waals surface area contributed by atoms with Crippen molar-refractivity contribution in [3.05, 3.63) is 23.9 Å². The molecule has 3 saturated heterocycles. The van der Waals surface area contributed by atoms with E-state index in [1.54, 1.807) is 39.5 Å². The van der Waals surface area contributed by atoms with Crippen LogP contribution in [-0.4, -0.2) is 92.5 Å². The minimum absolute atomic E-state index is 0.158. The van der Waals surface area contributed by atoms with Gasteiger partial charge >= 0.3 is 0 Å². The summed E-state index contributed by atoms with van der Waals surface area (Å²) in [6.07, 6.45) is 0. The number of aromatic amines is 1. The second kappa shape index (κ2) is 8.30. The van der Waals surface area contributed by atoms with Crippen molar-refractivity contribution in [2.45, 2.75) is 6.04 Å². The van der Waals surface area contributed by atoms with Crippen molar-refractivity contribution >= 4 is 5.91 Å². The third-order valence-electron chi connectivity index (χ3n) is 5.67. The topological polar surface area (TPSA) is 92.0 Å². The third-order valence-corrected chi connectivity index (χ3v) is 5.67. The van der Waals surface area contributed by atoms with E-state index in [4.69, 9.17) is 14.2 Å². The van der Waals surface area contributed by atoms with Gasteiger partial charge in [0.1, 0.15) is 5.69 Å². The Morgan fingerprint density at radius 2 is 1.79 bits per heavy atom. The normalized spacial score (nSPS) is 22.9. The van der Waals surface area contributed by atoms with Gasteiger partial charge in [-0.25, -0.2) is 0 Å². The lowest BCUT2D eigenvalue weighted by Crippen LogP contribution is -2.63. The molecule has 0 radical (unpaired) electrons. The van der Waals surface area contributed by atoms with Gasteiger partial charge in [0, 0.05) is 50.9 Å². The number of amides is 1. The molecule has 4 heterocycles. The number of carbonyl (C=O) groups is 1. The van der Waals surface area contributed by atoms with E-state index >= 15 is 0 Å². The van der Waals surface area contributed by atoms with E-state index in [9.17, 15) is 4.79 Å². The summed E-state index contributed by atoms with van der Waals surface area (Å²) in [6, 6.07) is 5.71. The number of hydrogen-bond acceptors (Lipinski definition) is 7. The highest BCUT2D eigenvalue weighted by molar-refractivity contribution is 5.93. The van der Waals surface area contributed by atoms with Gasteiger partial charge in [-0.05, 0) is 18.2 Å². The molecular formula is C20H27N5O4. The molecule has 0 spiro atoms. The van der Waals surface area contributed by atoms with Gasteiger partial charge < -0.3 is 19.5 Å². The summed E-state index contributed by atoms with van der Waals surface area (Å²) in [4.78, 5) is 17.5. The lowest BCUT2D eigenvalue weighted by Gasteiger charge is -2.47. The molecule has 9 heteroatoms. The molecule has 3 aliphatic heterocycles. The first-order valence-electron chi connectivity index (χ1n) is 9.73. The summed E-state index contributed by atoms with van der Waals surface area (Å²) in [6.45, 7) is 6.06. The Labute approximate surface area is 169 Å². The van der Waals surface area contributed by atoms with Crippen molar-refractivity contribution in [1.29, 1.82) is 0 Å². The summed E-state index contributed by atoms with van der Waals surface area (Å²) < 4.78 is 16.1. The maximum absolute atomic E-state index is 12.6. The molecule has 1 atom stereocenters. The van der Waals surface area contributed by atoms with Gasteiger partial charge in [0.05, 0.1) is 27.0 Å². The van der Waals surface area contributed by atoms with Crippen molar-refractivity contribution in [1.82, 2.24) is 25.3 Å². The van der Waals surface area contributed by atoms with Crippen LogP contribution < -0.4 is 19.5 Å². The largest absolute Gasteiger partial charge is 0.493 e. The van der Waals surface area contributed by atoms with Crippen LogP contribution in [0.25, 0.3) is 11.3 Å². The van der Waals surface area contributed by atoms with E-state index in [0.717, 1.165) is 38.3 Å². The molecule has 29 heavy (non-hydrogen) atoms. The predicted octanol–water partition coefficient (Wildman–Crippen LogP) is 0.832. The Balaban J connectivity index is 1.46. The van der Waals surface area contributed by atoms with Crippen LogP contribution in [0.15, 0.2) is 18.2 Å². The summed E-state index contributed by atoms with van der Waals surface area (Å²) in [7, 11) is 4.69. The number of nitrogens with one attached hydrogen (secondary N) is 2. The molecule has 3 aliphatic rings. The number of hydrogen-bond donors (Lipinski definition) is 2. The van der Waals surface area contributed by atoms with Crippen LogP contribution in [0, 0.1) is 0 Å². The van der Waals surface area contributed by atoms with Crippen molar-refractivity contribution in [2.75, 3.05) is 60.6 Å². The Bertz CT molecular complexity index is 851. The molecule has 1 aromatic carbocycles. The molecule has 1 unspecified atom stereocenters. The van der Waals surface area contributed by atoms with E-state index in [1.807, 2.05) is 0 Å². The van der Waals surface area contributed by atoms with E-state index in [1.165, 1.54) is 0 Å². The van der Waals surface area contributed by atoms with Crippen LogP contribution in [0.1, 0.15) is 10.5 Å². The number of piperazine rings is 3. The molecule has 5 rings (SSSR count). The van der Waals surface area contributed by atoms with Gasteiger partial charge in [0.15, 0.2) is 11.5 Å². The van der Waals surface area contributed by atoms with Crippen molar-refractivity contribution in [3.63, 3.8) is 0 Å². The van der Waals surface area contributed by atoms with Crippen LogP contribution in [0.5, 0.6) is 17.2 Å². The number of benzene rings is 1. The molecule has 2 aromatic rings. The zero-order chi connectivity index (χ0) is 20.4. The zero-order valence-corrected chi connectivity index (χ0v) is 17.0. The van der Waals surface area contributed by atoms with Crippen molar-refractivity contribution < 1.29 is 19.0 Å². The number of nitrogens with zero attached hydrogens (tertiary/aromatic N) is 3. The van der Waals surface area contributed by atoms with Crippen molar-refractivity contribution in [2.24, 2.45) is 0 Å². The fourth-order valence-corrected chi connectivity index (χ4v) is 4.04. The second-order valence-electron chi connectivity index (χ2n) is 7.28. The molecule has 3 fully saturated rings. The molecule has 0 aliphatic carbocycles. The number of carbonyl (C=O) groups excluding carboxylic acids is 1. The second-order valence-corrected chi connectivity index (χ2v) is 7.28. The lowest BCUT2D eigenvalue weighted by atomic mass is 10.1. The molecule has 156 valence electrons. The van der Waals surface area contributed by atoms with Crippen molar-refractivity contribution in [3.8, 4) is 28.5 Å². The number of rotatable bonds is 7. The highest BCUT2D eigenvalue weighted by atomic mass is 16.5. The van der Waals surface area contributed by atoms with Crippen LogP contribution in [0.4, 0.5) is 0 Å². The minimum atomic E-state index is -0.158. The average molecular weight is 401 g/mol. The fourth-order valence-electron chi connectivity index (χ4n) is 4.04. The van der Waals surface area contributed by atoms with E-state index in [0.29, 0.717) is 41.2 Å². The molecule has 0 saturated carbocycles. The highest BCUT2D eigenvalue weighted by Crippen LogP contribution is 2.40. The Kier molecular flexibility index (Phi) is 5.59. The van der Waals surface area contributed by atoms with Crippen LogP contribution in [0.3, 0.4) is 0 Å². The summed E-state index contributed by atoms with van der Waals surface area (Å²) in [5.74, 6) is 1.42.